The van der Waals surface area contributed by atoms with E-state index in [1.807, 2.05) is 23.1 Å². The normalized spacial score (nSPS) is 28.1. The van der Waals surface area contributed by atoms with Crippen molar-refractivity contribution in [2.24, 2.45) is 0 Å². The summed E-state index contributed by atoms with van der Waals surface area (Å²) in [5.74, 6) is 0. The average molecular weight is 209 g/mol. The van der Waals surface area contributed by atoms with E-state index in [-0.39, 0.29) is 0 Å². The second-order valence-electron chi connectivity index (χ2n) is 4.29. The number of hydrogen-bond donors (Lipinski definition) is 0. The first-order valence-electron chi connectivity index (χ1n) is 5.59. The third kappa shape index (κ3) is 3.04. The van der Waals surface area contributed by atoms with Crippen molar-refractivity contribution in [3.8, 4) is 0 Å². The molecule has 4 heteroatoms. The van der Waals surface area contributed by atoms with Gasteiger partial charge in [0, 0.05) is 32.0 Å². The van der Waals surface area contributed by atoms with E-state index in [0.29, 0.717) is 12.2 Å². The van der Waals surface area contributed by atoms with Gasteiger partial charge in [-0.05, 0) is 19.9 Å². The molecule has 1 aromatic rings. The maximum Gasteiger partial charge on any atom is 0.0678 e. The quantitative estimate of drug-likeness (QED) is 0.743. The Labute approximate surface area is 90.8 Å². The molecule has 2 heterocycles. The van der Waals surface area contributed by atoms with Crippen LogP contribution in [-0.4, -0.2) is 46.5 Å². The molecule has 15 heavy (non-hydrogen) atoms. The topological polar surface area (TPSA) is 30.3 Å². The lowest BCUT2D eigenvalue weighted by Crippen LogP contribution is -2.46. The first kappa shape index (κ1) is 10.6. The minimum atomic E-state index is 0.353. The van der Waals surface area contributed by atoms with Crippen LogP contribution in [0.15, 0.2) is 18.5 Å². The van der Waals surface area contributed by atoms with Crippen molar-refractivity contribution in [3.63, 3.8) is 0 Å². The van der Waals surface area contributed by atoms with Gasteiger partial charge in [0.15, 0.2) is 0 Å². The summed E-state index contributed by atoms with van der Waals surface area (Å²) in [6.07, 6.45) is 4.54. The van der Waals surface area contributed by atoms with Gasteiger partial charge < -0.3 is 4.74 Å². The van der Waals surface area contributed by atoms with Crippen LogP contribution in [0.3, 0.4) is 0 Å². The zero-order chi connectivity index (χ0) is 10.7. The molecule has 2 unspecified atom stereocenters. The first-order valence-corrected chi connectivity index (χ1v) is 5.59. The molecule has 84 valence electrons. The second kappa shape index (κ2) is 4.77. The van der Waals surface area contributed by atoms with Gasteiger partial charge in [0.2, 0.25) is 0 Å². The summed E-state index contributed by atoms with van der Waals surface area (Å²) in [5.41, 5.74) is 0. The van der Waals surface area contributed by atoms with Crippen molar-refractivity contribution in [1.82, 2.24) is 14.7 Å². The molecule has 0 bridgehead atoms. The third-order valence-electron chi connectivity index (χ3n) is 2.70. The van der Waals surface area contributed by atoms with Crippen molar-refractivity contribution in [2.75, 3.05) is 19.6 Å². The first-order chi connectivity index (χ1) is 7.24. The summed E-state index contributed by atoms with van der Waals surface area (Å²) >= 11 is 0. The highest BCUT2D eigenvalue weighted by molar-refractivity contribution is 4.79. The standard InChI is InChI=1S/C11H19N3O/c1-10-8-13(9-11(2)15-10)6-7-14-5-3-4-12-14/h3-5,10-11H,6-9H2,1-2H3. The van der Waals surface area contributed by atoms with Gasteiger partial charge in [-0.15, -0.1) is 0 Å². The fraction of sp³-hybridized carbons (Fsp3) is 0.727. The minimum absolute atomic E-state index is 0.353. The van der Waals surface area contributed by atoms with Crippen molar-refractivity contribution < 1.29 is 4.74 Å². The highest BCUT2D eigenvalue weighted by atomic mass is 16.5. The molecule has 0 N–H and O–H groups in total. The summed E-state index contributed by atoms with van der Waals surface area (Å²) in [4.78, 5) is 2.44. The zero-order valence-electron chi connectivity index (χ0n) is 9.47. The molecule has 0 amide bonds. The lowest BCUT2D eigenvalue weighted by molar-refractivity contribution is -0.0687. The maximum atomic E-state index is 5.69. The Morgan fingerprint density at radius 2 is 2.00 bits per heavy atom. The monoisotopic (exact) mass is 209 g/mol. The molecular formula is C11H19N3O. The van der Waals surface area contributed by atoms with Gasteiger partial charge >= 0.3 is 0 Å². The van der Waals surface area contributed by atoms with E-state index in [9.17, 15) is 0 Å². The van der Waals surface area contributed by atoms with Crippen LogP contribution in [0.1, 0.15) is 13.8 Å². The lowest BCUT2D eigenvalue weighted by Gasteiger charge is -2.35. The summed E-state index contributed by atoms with van der Waals surface area (Å²) in [6, 6.07) is 1.96. The van der Waals surface area contributed by atoms with Crippen LogP contribution >= 0.6 is 0 Å². The van der Waals surface area contributed by atoms with Crippen LogP contribution in [0.25, 0.3) is 0 Å². The highest BCUT2D eigenvalue weighted by Crippen LogP contribution is 2.10. The second-order valence-corrected chi connectivity index (χ2v) is 4.29. The molecule has 4 nitrogen and oxygen atoms in total. The Kier molecular flexibility index (Phi) is 3.38. The largest absolute Gasteiger partial charge is 0.373 e. The Morgan fingerprint density at radius 3 is 2.60 bits per heavy atom. The maximum absolute atomic E-state index is 5.69. The zero-order valence-corrected chi connectivity index (χ0v) is 9.47. The average Bonchev–Trinajstić information content (AvgIpc) is 2.65. The van der Waals surface area contributed by atoms with Crippen LogP contribution < -0.4 is 0 Å². The Hall–Kier alpha value is -0.870. The Morgan fingerprint density at radius 1 is 1.27 bits per heavy atom. The van der Waals surface area contributed by atoms with Crippen LogP contribution in [-0.2, 0) is 11.3 Å². The molecule has 1 aliphatic rings. The summed E-state index contributed by atoms with van der Waals surface area (Å²) in [6.45, 7) is 8.36. The fourth-order valence-electron chi connectivity index (χ4n) is 2.14. The summed E-state index contributed by atoms with van der Waals surface area (Å²) < 4.78 is 7.67. The van der Waals surface area contributed by atoms with E-state index < -0.39 is 0 Å². The van der Waals surface area contributed by atoms with E-state index in [0.717, 1.165) is 26.2 Å². The van der Waals surface area contributed by atoms with Crippen LogP contribution in [0.4, 0.5) is 0 Å². The van der Waals surface area contributed by atoms with Crippen molar-refractivity contribution in [1.29, 1.82) is 0 Å². The number of nitrogens with zero attached hydrogens (tertiary/aromatic N) is 3. The van der Waals surface area contributed by atoms with Gasteiger partial charge in [0.25, 0.3) is 0 Å². The van der Waals surface area contributed by atoms with E-state index >= 15 is 0 Å². The number of ether oxygens (including phenoxy) is 1. The molecule has 1 fully saturated rings. The number of morpholine rings is 1. The van der Waals surface area contributed by atoms with E-state index in [4.69, 9.17) is 4.74 Å². The van der Waals surface area contributed by atoms with E-state index in [2.05, 4.69) is 23.8 Å². The lowest BCUT2D eigenvalue weighted by atomic mass is 10.2. The molecule has 2 atom stereocenters. The van der Waals surface area contributed by atoms with Gasteiger partial charge in [-0.2, -0.15) is 5.10 Å². The Bertz CT molecular complexity index is 276. The van der Waals surface area contributed by atoms with Crippen LogP contribution in [0.2, 0.25) is 0 Å². The van der Waals surface area contributed by atoms with Gasteiger partial charge in [-0.1, -0.05) is 0 Å². The number of aromatic nitrogens is 2. The molecule has 1 aromatic heterocycles. The molecule has 0 aliphatic carbocycles. The number of hydrogen-bond acceptors (Lipinski definition) is 3. The van der Waals surface area contributed by atoms with E-state index in [1.54, 1.807) is 0 Å². The molecule has 0 saturated carbocycles. The Balaban J connectivity index is 1.79. The predicted molar refractivity (Wildman–Crippen MR) is 58.7 cm³/mol. The highest BCUT2D eigenvalue weighted by Gasteiger charge is 2.21. The van der Waals surface area contributed by atoms with Crippen LogP contribution in [0.5, 0.6) is 0 Å². The summed E-state index contributed by atoms with van der Waals surface area (Å²) in [7, 11) is 0. The van der Waals surface area contributed by atoms with E-state index in [1.165, 1.54) is 0 Å². The number of rotatable bonds is 3. The van der Waals surface area contributed by atoms with Crippen molar-refractivity contribution in [2.45, 2.75) is 32.6 Å². The fourth-order valence-corrected chi connectivity index (χ4v) is 2.14. The van der Waals surface area contributed by atoms with Crippen molar-refractivity contribution >= 4 is 0 Å². The molecule has 0 aromatic carbocycles. The van der Waals surface area contributed by atoms with Gasteiger partial charge in [0.05, 0.1) is 18.8 Å². The van der Waals surface area contributed by atoms with Gasteiger partial charge in [-0.25, -0.2) is 0 Å². The van der Waals surface area contributed by atoms with Gasteiger partial charge in [-0.3, -0.25) is 9.58 Å². The van der Waals surface area contributed by atoms with Gasteiger partial charge in [0.1, 0.15) is 0 Å². The third-order valence-corrected chi connectivity index (χ3v) is 2.70. The minimum Gasteiger partial charge on any atom is -0.373 e. The molecule has 2 rings (SSSR count). The predicted octanol–water partition coefficient (Wildman–Crippen LogP) is 0.992. The smallest absolute Gasteiger partial charge is 0.0678 e. The van der Waals surface area contributed by atoms with Crippen LogP contribution in [0, 0.1) is 0 Å². The molecule has 1 aliphatic heterocycles. The SMILES string of the molecule is CC1CN(CCn2cccn2)CC(C)O1. The molecule has 1 saturated heterocycles. The van der Waals surface area contributed by atoms with Crippen molar-refractivity contribution in [3.05, 3.63) is 18.5 Å². The molecule has 0 radical (unpaired) electrons. The molecular weight excluding hydrogens is 190 g/mol. The molecule has 0 spiro atoms. The summed E-state index contributed by atoms with van der Waals surface area (Å²) in [5, 5.41) is 4.20.